The van der Waals surface area contributed by atoms with Gasteiger partial charge in [-0.15, -0.1) is 0 Å². The zero-order valence-corrected chi connectivity index (χ0v) is 15.8. The Kier molecular flexibility index (Phi) is 8.74. The molecule has 0 aliphatic carbocycles. The van der Waals surface area contributed by atoms with Crippen molar-refractivity contribution < 1.29 is 29.7 Å². The number of carbonyl (C=O) groups is 3. The van der Waals surface area contributed by atoms with Crippen LogP contribution >= 0.6 is 0 Å². The number of carbonyl (C=O) groups excluding carboxylic acids is 2. The number of aliphatic carboxylic acids is 1. The molecule has 0 aromatic heterocycles. The molecule has 5 N–H and O–H groups in total. The van der Waals surface area contributed by atoms with Gasteiger partial charge in [-0.2, -0.15) is 0 Å². The van der Waals surface area contributed by atoms with Crippen molar-refractivity contribution in [2.75, 3.05) is 6.54 Å². The van der Waals surface area contributed by atoms with Gasteiger partial charge in [0.15, 0.2) is 0 Å². The number of nitrogens with one attached hydrogen (secondary N) is 2. The molecule has 1 rings (SSSR count). The van der Waals surface area contributed by atoms with E-state index in [-0.39, 0.29) is 37.0 Å². The molecule has 0 heterocycles. The number of aliphatic hydroxyl groups excluding tert-OH is 1. The molecule has 0 saturated carbocycles. The Balaban J connectivity index is 2.87. The number of phenolic OH excluding ortho intramolecular Hbond substituents is 1. The molecular formula is C19H28N2O6. The summed E-state index contributed by atoms with van der Waals surface area (Å²) in [5, 5.41) is 34.0. The molecule has 27 heavy (non-hydrogen) atoms. The molecule has 0 unspecified atom stereocenters. The highest BCUT2D eigenvalue weighted by Gasteiger charge is 2.30. The first-order valence-corrected chi connectivity index (χ1v) is 8.83. The molecule has 0 saturated heterocycles. The van der Waals surface area contributed by atoms with E-state index in [0.717, 1.165) is 5.56 Å². The quantitative estimate of drug-likeness (QED) is 0.405. The molecule has 0 fully saturated rings. The van der Waals surface area contributed by atoms with Gasteiger partial charge in [-0.1, -0.05) is 26.0 Å². The number of hydrogen-bond donors (Lipinski definition) is 5. The van der Waals surface area contributed by atoms with E-state index >= 15 is 0 Å². The average molecular weight is 380 g/mol. The number of benzene rings is 1. The van der Waals surface area contributed by atoms with Gasteiger partial charge >= 0.3 is 5.97 Å². The molecule has 2 amide bonds. The monoisotopic (exact) mass is 380 g/mol. The maximum absolute atomic E-state index is 12.4. The summed E-state index contributed by atoms with van der Waals surface area (Å²) in [6.07, 6.45) is -1.00. The third-order valence-electron chi connectivity index (χ3n) is 4.08. The molecule has 3 atom stereocenters. The number of aromatic hydroxyl groups is 1. The number of aliphatic hydroxyl groups is 1. The molecule has 8 nitrogen and oxygen atoms in total. The highest BCUT2D eigenvalue weighted by molar-refractivity contribution is 5.86. The van der Waals surface area contributed by atoms with Crippen LogP contribution < -0.4 is 10.6 Å². The van der Waals surface area contributed by atoms with Crippen LogP contribution in [0.3, 0.4) is 0 Å². The van der Waals surface area contributed by atoms with Crippen molar-refractivity contribution in [2.24, 2.45) is 11.8 Å². The largest absolute Gasteiger partial charge is 0.508 e. The fourth-order valence-corrected chi connectivity index (χ4v) is 2.67. The molecule has 0 radical (unpaired) electrons. The van der Waals surface area contributed by atoms with Crippen molar-refractivity contribution in [1.29, 1.82) is 0 Å². The minimum Gasteiger partial charge on any atom is -0.508 e. The molecule has 150 valence electrons. The SMILES string of the molecule is CC(=O)NC[C@H](Cc1ccc(O)cc1)[C@H](O)C(=O)N[C@@H](CC(C)C)C(=O)O. The van der Waals surface area contributed by atoms with Gasteiger partial charge in [0.05, 0.1) is 0 Å². The Morgan fingerprint density at radius 2 is 1.70 bits per heavy atom. The zero-order chi connectivity index (χ0) is 20.6. The van der Waals surface area contributed by atoms with Gasteiger partial charge in [-0.3, -0.25) is 9.59 Å². The lowest BCUT2D eigenvalue weighted by Crippen LogP contribution is -2.50. The average Bonchev–Trinajstić information content (AvgIpc) is 2.58. The summed E-state index contributed by atoms with van der Waals surface area (Å²) in [7, 11) is 0. The second-order valence-electron chi connectivity index (χ2n) is 7.04. The molecule has 1 aromatic carbocycles. The summed E-state index contributed by atoms with van der Waals surface area (Å²) in [6, 6.07) is 5.18. The van der Waals surface area contributed by atoms with Gasteiger partial charge in [0, 0.05) is 19.4 Å². The number of rotatable bonds is 10. The molecular weight excluding hydrogens is 352 g/mol. The maximum atomic E-state index is 12.4. The highest BCUT2D eigenvalue weighted by atomic mass is 16.4. The lowest BCUT2D eigenvalue weighted by atomic mass is 9.92. The summed E-state index contributed by atoms with van der Waals surface area (Å²) in [5.41, 5.74) is 0.756. The second-order valence-corrected chi connectivity index (χ2v) is 7.04. The lowest BCUT2D eigenvalue weighted by molar-refractivity contribution is -0.144. The van der Waals surface area contributed by atoms with E-state index in [2.05, 4.69) is 10.6 Å². The molecule has 0 aliphatic heterocycles. The third-order valence-corrected chi connectivity index (χ3v) is 4.08. The van der Waals surface area contributed by atoms with Gasteiger partial charge in [-0.25, -0.2) is 4.79 Å². The number of hydrogen-bond acceptors (Lipinski definition) is 5. The van der Waals surface area contributed by atoms with Crippen molar-refractivity contribution in [3.8, 4) is 5.75 Å². The molecule has 8 heteroatoms. The molecule has 0 spiro atoms. The smallest absolute Gasteiger partial charge is 0.326 e. The van der Waals surface area contributed by atoms with E-state index in [1.165, 1.54) is 19.1 Å². The van der Waals surface area contributed by atoms with Crippen molar-refractivity contribution in [2.45, 2.75) is 45.8 Å². The van der Waals surface area contributed by atoms with Crippen LogP contribution in [0.15, 0.2) is 24.3 Å². The van der Waals surface area contributed by atoms with Gasteiger partial charge in [0.25, 0.3) is 0 Å². The molecule has 1 aromatic rings. The van der Waals surface area contributed by atoms with Crippen LogP contribution in [0, 0.1) is 11.8 Å². The van der Waals surface area contributed by atoms with Gasteiger partial charge in [0.1, 0.15) is 17.9 Å². The number of phenols is 1. The Labute approximate surface area is 158 Å². The first-order valence-electron chi connectivity index (χ1n) is 8.83. The van der Waals surface area contributed by atoms with E-state index in [0.29, 0.717) is 0 Å². The first-order chi connectivity index (χ1) is 12.6. The Morgan fingerprint density at radius 3 is 2.19 bits per heavy atom. The van der Waals surface area contributed by atoms with Crippen molar-refractivity contribution in [3.63, 3.8) is 0 Å². The van der Waals surface area contributed by atoms with Gasteiger partial charge in [-0.05, 0) is 36.5 Å². The van der Waals surface area contributed by atoms with E-state index in [4.69, 9.17) is 0 Å². The maximum Gasteiger partial charge on any atom is 0.326 e. The number of amides is 2. The number of carboxylic acid groups (broad SMARTS) is 1. The predicted octanol–water partition coefficient (Wildman–Crippen LogP) is 0.663. The predicted molar refractivity (Wildman–Crippen MR) is 99.0 cm³/mol. The Morgan fingerprint density at radius 1 is 1.11 bits per heavy atom. The van der Waals surface area contributed by atoms with Crippen LogP contribution in [-0.4, -0.2) is 51.8 Å². The second kappa shape index (κ2) is 10.5. The van der Waals surface area contributed by atoms with Crippen LogP contribution in [0.5, 0.6) is 5.75 Å². The van der Waals surface area contributed by atoms with E-state index in [1.54, 1.807) is 12.1 Å². The first kappa shape index (κ1) is 22.4. The minimum absolute atomic E-state index is 0.0483. The standard InChI is InChI=1S/C19H28N2O6/c1-11(2)8-16(19(26)27)21-18(25)17(24)14(10-20-12(3)22)9-13-4-6-15(23)7-5-13/h4-7,11,14,16-17,23-24H,8-10H2,1-3H3,(H,20,22)(H,21,25)(H,26,27)/t14-,16-,17-/m0/s1. The third kappa shape index (κ3) is 8.08. The molecule has 0 bridgehead atoms. The number of carboxylic acids is 1. The van der Waals surface area contributed by atoms with Crippen LogP contribution in [-0.2, 0) is 20.8 Å². The highest BCUT2D eigenvalue weighted by Crippen LogP contribution is 2.17. The van der Waals surface area contributed by atoms with E-state index < -0.39 is 29.9 Å². The summed E-state index contributed by atoms with van der Waals surface area (Å²) in [6.45, 7) is 5.05. The zero-order valence-electron chi connectivity index (χ0n) is 15.8. The fraction of sp³-hybridized carbons (Fsp3) is 0.526. The van der Waals surface area contributed by atoms with Crippen molar-refractivity contribution >= 4 is 17.8 Å². The summed E-state index contributed by atoms with van der Waals surface area (Å²) in [4.78, 5) is 34.9. The van der Waals surface area contributed by atoms with Crippen LogP contribution in [0.1, 0.15) is 32.8 Å². The Bertz CT molecular complexity index is 644. The van der Waals surface area contributed by atoms with Crippen LogP contribution in [0.2, 0.25) is 0 Å². The van der Waals surface area contributed by atoms with Crippen LogP contribution in [0.4, 0.5) is 0 Å². The Hall–Kier alpha value is -2.61. The summed E-state index contributed by atoms with van der Waals surface area (Å²) >= 11 is 0. The van der Waals surface area contributed by atoms with Crippen molar-refractivity contribution in [1.82, 2.24) is 10.6 Å². The lowest BCUT2D eigenvalue weighted by Gasteiger charge is -2.25. The van der Waals surface area contributed by atoms with Gasteiger partial charge in [0.2, 0.25) is 11.8 Å². The normalized spacial score (nSPS) is 14.3. The fourth-order valence-electron chi connectivity index (χ4n) is 2.67. The minimum atomic E-state index is -1.50. The van der Waals surface area contributed by atoms with E-state index in [9.17, 15) is 29.7 Å². The van der Waals surface area contributed by atoms with Gasteiger partial charge < -0.3 is 26.0 Å². The summed E-state index contributed by atoms with van der Waals surface area (Å²) in [5.74, 6) is -2.78. The topological polar surface area (TPSA) is 136 Å². The van der Waals surface area contributed by atoms with E-state index in [1.807, 2.05) is 13.8 Å². The molecule has 0 aliphatic rings. The van der Waals surface area contributed by atoms with Crippen LogP contribution in [0.25, 0.3) is 0 Å². The summed E-state index contributed by atoms with van der Waals surface area (Å²) < 4.78 is 0. The van der Waals surface area contributed by atoms with Crippen molar-refractivity contribution in [3.05, 3.63) is 29.8 Å².